The van der Waals surface area contributed by atoms with Crippen molar-refractivity contribution in [1.29, 1.82) is 0 Å². The molecule has 0 amide bonds. The van der Waals surface area contributed by atoms with Crippen LogP contribution in [0.5, 0.6) is 11.5 Å². The maximum Gasteiger partial charge on any atom is 0.339 e. The van der Waals surface area contributed by atoms with Gasteiger partial charge in [-0.3, -0.25) is 0 Å². The van der Waals surface area contributed by atoms with Crippen LogP contribution in [0, 0.1) is 0 Å². The van der Waals surface area contributed by atoms with Crippen LogP contribution < -0.4 is 14.4 Å². The molecule has 0 spiro atoms. The lowest BCUT2D eigenvalue weighted by Crippen LogP contribution is -2.10. The van der Waals surface area contributed by atoms with E-state index in [1.54, 1.807) is 20.4 Å². The van der Waals surface area contributed by atoms with Gasteiger partial charge in [0.1, 0.15) is 12.4 Å². The predicted octanol–water partition coefficient (Wildman–Crippen LogP) is 3.66. The summed E-state index contributed by atoms with van der Waals surface area (Å²) < 4.78 is 16.2. The first-order chi connectivity index (χ1) is 13.0. The van der Waals surface area contributed by atoms with Crippen LogP contribution in [-0.4, -0.2) is 39.3 Å². The first-order valence-corrected chi connectivity index (χ1v) is 8.56. The lowest BCUT2D eigenvalue weighted by atomic mass is 9.91. The molecule has 0 unspecified atom stereocenters. The van der Waals surface area contributed by atoms with Gasteiger partial charge in [0.05, 0.1) is 19.8 Å². The van der Waals surface area contributed by atoms with E-state index in [-0.39, 0.29) is 12.6 Å². The van der Waals surface area contributed by atoms with Gasteiger partial charge in [-0.25, -0.2) is 9.78 Å². The van der Waals surface area contributed by atoms with Crippen molar-refractivity contribution >= 4 is 22.6 Å². The van der Waals surface area contributed by atoms with Crippen molar-refractivity contribution < 1.29 is 19.0 Å². The summed E-state index contributed by atoms with van der Waals surface area (Å²) in [5.41, 5.74) is 3.12. The fraction of sp³-hybridized carbons (Fsp3) is 0.238. The minimum Gasteiger partial charge on any atom is -0.493 e. The molecular weight excluding hydrogens is 344 g/mol. The zero-order chi connectivity index (χ0) is 19.1. The van der Waals surface area contributed by atoms with Gasteiger partial charge in [0.15, 0.2) is 11.5 Å². The highest BCUT2D eigenvalue weighted by molar-refractivity contribution is 6.11. The van der Waals surface area contributed by atoms with E-state index in [9.17, 15) is 4.79 Å². The average Bonchev–Trinajstić information content (AvgIpc) is 3.05. The Morgan fingerprint density at radius 2 is 1.78 bits per heavy atom. The largest absolute Gasteiger partial charge is 0.493 e. The third kappa shape index (κ3) is 2.73. The number of methoxy groups -OCH3 is 2. The Balaban J connectivity index is 2.04. The minimum absolute atomic E-state index is 0.272. The zero-order valence-corrected chi connectivity index (χ0v) is 15.7. The number of cyclic esters (lactones) is 1. The zero-order valence-electron chi connectivity index (χ0n) is 15.7. The number of pyridine rings is 1. The first-order valence-electron chi connectivity index (χ1n) is 8.56. The highest BCUT2D eigenvalue weighted by Gasteiger charge is 2.28. The Morgan fingerprint density at radius 1 is 1.04 bits per heavy atom. The number of esters is 1. The second-order valence-corrected chi connectivity index (χ2v) is 6.59. The number of carbonyl (C=O) groups excluding carboxylic acids is 1. The van der Waals surface area contributed by atoms with Gasteiger partial charge in [-0.05, 0) is 41.1 Å². The van der Waals surface area contributed by atoms with E-state index in [4.69, 9.17) is 14.2 Å². The van der Waals surface area contributed by atoms with Crippen molar-refractivity contribution in [2.24, 2.45) is 0 Å². The number of benzene rings is 2. The number of anilines is 1. The van der Waals surface area contributed by atoms with E-state index in [0.29, 0.717) is 17.1 Å². The van der Waals surface area contributed by atoms with Gasteiger partial charge in [0.2, 0.25) is 0 Å². The van der Waals surface area contributed by atoms with Gasteiger partial charge in [0.25, 0.3) is 0 Å². The van der Waals surface area contributed by atoms with Gasteiger partial charge in [-0.1, -0.05) is 0 Å². The summed E-state index contributed by atoms with van der Waals surface area (Å²) in [5, 5.41) is 1.85. The van der Waals surface area contributed by atoms with Crippen molar-refractivity contribution in [2.45, 2.75) is 6.61 Å². The standard InChI is InChI=1S/C21H20N2O4/c1-23(2)18-6-5-12(10-22-18)19-15-9-17(26-4)16(25-3)8-13(15)7-14-11-27-21(24)20(14)19/h5-10H,11H2,1-4H3. The second kappa shape index (κ2) is 6.46. The Morgan fingerprint density at radius 3 is 2.41 bits per heavy atom. The average molecular weight is 364 g/mol. The fourth-order valence-corrected chi connectivity index (χ4v) is 3.45. The molecule has 0 saturated heterocycles. The topological polar surface area (TPSA) is 60.9 Å². The lowest BCUT2D eigenvalue weighted by molar-refractivity contribution is 0.0535. The predicted molar refractivity (Wildman–Crippen MR) is 104 cm³/mol. The summed E-state index contributed by atoms with van der Waals surface area (Å²) in [5.74, 6) is 1.78. The van der Waals surface area contributed by atoms with Gasteiger partial charge < -0.3 is 19.1 Å². The van der Waals surface area contributed by atoms with Crippen molar-refractivity contribution in [1.82, 2.24) is 4.98 Å². The molecule has 0 aliphatic carbocycles. The van der Waals surface area contributed by atoms with Gasteiger partial charge in [-0.15, -0.1) is 0 Å². The van der Waals surface area contributed by atoms with Crippen LogP contribution in [0.2, 0.25) is 0 Å². The highest BCUT2D eigenvalue weighted by Crippen LogP contribution is 2.42. The maximum atomic E-state index is 12.4. The summed E-state index contributed by atoms with van der Waals surface area (Å²) in [6.45, 7) is 0.272. The summed E-state index contributed by atoms with van der Waals surface area (Å²) in [4.78, 5) is 18.9. The summed E-state index contributed by atoms with van der Waals surface area (Å²) in [6, 6.07) is 9.70. The Labute approximate surface area is 157 Å². The number of aromatic nitrogens is 1. The molecule has 6 nitrogen and oxygen atoms in total. The van der Waals surface area contributed by atoms with Gasteiger partial charge >= 0.3 is 5.97 Å². The monoisotopic (exact) mass is 364 g/mol. The molecule has 0 bridgehead atoms. The molecule has 1 aliphatic heterocycles. The molecule has 4 rings (SSSR count). The van der Waals surface area contributed by atoms with Crippen LogP contribution in [0.4, 0.5) is 5.82 Å². The molecule has 1 aromatic heterocycles. The van der Waals surface area contributed by atoms with E-state index >= 15 is 0 Å². The number of rotatable bonds is 4. The van der Waals surface area contributed by atoms with Gasteiger partial charge in [0, 0.05) is 37.0 Å². The van der Waals surface area contributed by atoms with Crippen molar-refractivity contribution in [3.05, 3.63) is 47.7 Å². The van der Waals surface area contributed by atoms with Crippen LogP contribution >= 0.6 is 0 Å². The molecular formula is C21H20N2O4. The summed E-state index contributed by atoms with van der Waals surface area (Å²) in [7, 11) is 7.07. The number of fused-ring (bicyclic) bond motifs is 2. The third-order valence-electron chi connectivity index (χ3n) is 4.78. The van der Waals surface area contributed by atoms with E-state index in [1.165, 1.54) is 0 Å². The fourth-order valence-electron chi connectivity index (χ4n) is 3.45. The van der Waals surface area contributed by atoms with Crippen LogP contribution in [0.15, 0.2) is 36.5 Å². The lowest BCUT2D eigenvalue weighted by Gasteiger charge is -2.16. The molecule has 0 fully saturated rings. The minimum atomic E-state index is -0.312. The first kappa shape index (κ1) is 17.1. The number of hydrogen-bond acceptors (Lipinski definition) is 6. The number of hydrogen-bond donors (Lipinski definition) is 0. The summed E-state index contributed by atoms with van der Waals surface area (Å²) >= 11 is 0. The molecule has 2 aromatic carbocycles. The summed E-state index contributed by atoms with van der Waals surface area (Å²) in [6.07, 6.45) is 1.78. The molecule has 0 N–H and O–H groups in total. The van der Waals surface area contributed by atoms with E-state index in [0.717, 1.165) is 33.3 Å². The van der Waals surface area contributed by atoms with Crippen LogP contribution in [-0.2, 0) is 11.3 Å². The quantitative estimate of drug-likeness (QED) is 0.659. The normalized spacial score (nSPS) is 12.7. The molecule has 3 aromatic rings. The molecule has 138 valence electrons. The number of nitrogens with zero attached hydrogens (tertiary/aromatic N) is 2. The van der Waals surface area contributed by atoms with Crippen LogP contribution in [0.3, 0.4) is 0 Å². The van der Waals surface area contributed by atoms with Crippen LogP contribution in [0.1, 0.15) is 15.9 Å². The molecule has 0 atom stereocenters. The molecule has 27 heavy (non-hydrogen) atoms. The highest BCUT2D eigenvalue weighted by atomic mass is 16.5. The van der Waals surface area contributed by atoms with Gasteiger partial charge in [-0.2, -0.15) is 0 Å². The molecule has 6 heteroatoms. The third-order valence-corrected chi connectivity index (χ3v) is 4.78. The smallest absolute Gasteiger partial charge is 0.339 e. The van der Waals surface area contributed by atoms with Crippen LogP contribution in [0.25, 0.3) is 21.9 Å². The SMILES string of the molecule is COc1cc2cc3c(c(-c4ccc(N(C)C)nc4)c2cc1OC)C(=O)OC3. The second-order valence-electron chi connectivity index (χ2n) is 6.59. The molecule has 2 heterocycles. The number of ether oxygens (including phenoxy) is 3. The molecule has 0 saturated carbocycles. The number of carbonyl (C=O) groups is 1. The van der Waals surface area contributed by atoms with E-state index < -0.39 is 0 Å². The van der Waals surface area contributed by atoms with E-state index in [1.807, 2.05) is 49.3 Å². The Bertz CT molecular complexity index is 1040. The van der Waals surface area contributed by atoms with Crippen molar-refractivity contribution in [3.8, 4) is 22.6 Å². The maximum absolute atomic E-state index is 12.4. The Hall–Kier alpha value is -3.28. The van der Waals surface area contributed by atoms with E-state index in [2.05, 4.69) is 4.98 Å². The van der Waals surface area contributed by atoms with Crippen molar-refractivity contribution in [3.63, 3.8) is 0 Å². The molecule has 1 aliphatic rings. The Kier molecular flexibility index (Phi) is 4.11. The van der Waals surface area contributed by atoms with Crippen molar-refractivity contribution in [2.75, 3.05) is 33.2 Å². The molecule has 0 radical (unpaired) electrons.